The lowest BCUT2D eigenvalue weighted by Crippen LogP contribution is -2.35. The van der Waals surface area contributed by atoms with E-state index in [1.54, 1.807) is 0 Å². The molecule has 1 aliphatic carbocycles. The number of rotatable bonds is 7. The standard InChI is InChI=1S/C13H26N2O2/c14-8-4-3-7-13(17)15-9-11-5-1-2-6-12(11)10-16/h11-12,16H,1-10,14H2,(H,15,17). The summed E-state index contributed by atoms with van der Waals surface area (Å²) in [7, 11) is 0. The Morgan fingerprint density at radius 2 is 1.94 bits per heavy atom. The molecule has 2 unspecified atom stereocenters. The van der Waals surface area contributed by atoms with Crippen LogP contribution < -0.4 is 11.1 Å². The zero-order valence-electron chi connectivity index (χ0n) is 10.7. The number of hydrogen-bond acceptors (Lipinski definition) is 3. The van der Waals surface area contributed by atoms with E-state index in [9.17, 15) is 9.90 Å². The van der Waals surface area contributed by atoms with Crippen molar-refractivity contribution in [2.45, 2.75) is 44.9 Å². The number of carbonyl (C=O) groups is 1. The summed E-state index contributed by atoms with van der Waals surface area (Å²) in [6.07, 6.45) is 7.04. The van der Waals surface area contributed by atoms with Gasteiger partial charge in [-0.25, -0.2) is 0 Å². The molecule has 4 N–H and O–H groups in total. The molecule has 0 saturated heterocycles. The van der Waals surface area contributed by atoms with Crippen LogP contribution in [0.25, 0.3) is 0 Å². The van der Waals surface area contributed by atoms with Gasteiger partial charge in [-0.2, -0.15) is 0 Å². The highest BCUT2D eigenvalue weighted by Crippen LogP contribution is 2.29. The van der Waals surface area contributed by atoms with E-state index in [4.69, 9.17) is 5.73 Å². The Bertz CT molecular complexity index is 221. The van der Waals surface area contributed by atoms with Gasteiger partial charge in [-0.3, -0.25) is 4.79 Å². The summed E-state index contributed by atoms with van der Waals surface area (Å²) >= 11 is 0. The molecule has 0 heterocycles. The molecule has 1 fully saturated rings. The van der Waals surface area contributed by atoms with Crippen molar-refractivity contribution in [1.29, 1.82) is 0 Å². The summed E-state index contributed by atoms with van der Waals surface area (Å²) in [5.74, 6) is 0.973. The van der Waals surface area contributed by atoms with E-state index in [0.29, 0.717) is 24.8 Å². The molecule has 0 spiro atoms. The summed E-state index contributed by atoms with van der Waals surface area (Å²) in [4.78, 5) is 11.5. The zero-order valence-corrected chi connectivity index (χ0v) is 10.7. The van der Waals surface area contributed by atoms with Gasteiger partial charge in [0.05, 0.1) is 0 Å². The van der Waals surface area contributed by atoms with Crippen molar-refractivity contribution in [2.24, 2.45) is 17.6 Å². The lowest BCUT2D eigenvalue weighted by Gasteiger charge is -2.30. The normalized spacial score (nSPS) is 24.6. The molecule has 100 valence electrons. The van der Waals surface area contributed by atoms with Crippen LogP contribution in [-0.2, 0) is 4.79 Å². The second-order valence-electron chi connectivity index (χ2n) is 5.04. The van der Waals surface area contributed by atoms with Gasteiger partial charge in [0.25, 0.3) is 0 Å². The van der Waals surface area contributed by atoms with Crippen LogP contribution in [0.5, 0.6) is 0 Å². The van der Waals surface area contributed by atoms with E-state index in [2.05, 4.69) is 5.32 Å². The van der Waals surface area contributed by atoms with Crippen LogP contribution in [-0.4, -0.2) is 30.7 Å². The molecular formula is C13H26N2O2. The maximum Gasteiger partial charge on any atom is 0.220 e. The Morgan fingerprint density at radius 3 is 2.59 bits per heavy atom. The van der Waals surface area contributed by atoms with E-state index < -0.39 is 0 Å². The SMILES string of the molecule is NCCCCC(=O)NCC1CCCCC1CO. The fourth-order valence-electron chi connectivity index (χ4n) is 2.56. The van der Waals surface area contributed by atoms with E-state index in [-0.39, 0.29) is 12.5 Å². The second kappa shape index (κ2) is 8.48. The van der Waals surface area contributed by atoms with E-state index in [0.717, 1.165) is 32.2 Å². The minimum atomic E-state index is 0.126. The summed E-state index contributed by atoms with van der Waals surface area (Å²) in [6.45, 7) is 1.64. The fraction of sp³-hybridized carbons (Fsp3) is 0.923. The van der Waals surface area contributed by atoms with E-state index >= 15 is 0 Å². The van der Waals surface area contributed by atoms with Crippen LogP contribution in [0.2, 0.25) is 0 Å². The van der Waals surface area contributed by atoms with Gasteiger partial charge in [-0.05, 0) is 44.1 Å². The Balaban J connectivity index is 2.17. The van der Waals surface area contributed by atoms with Crippen LogP contribution in [0, 0.1) is 11.8 Å². The Morgan fingerprint density at radius 1 is 1.24 bits per heavy atom. The maximum absolute atomic E-state index is 11.5. The van der Waals surface area contributed by atoms with E-state index in [1.165, 1.54) is 12.8 Å². The number of aliphatic hydroxyl groups excluding tert-OH is 1. The molecular weight excluding hydrogens is 216 g/mol. The first-order valence-electron chi connectivity index (χ1n) is 6.85. The monoisotopic (exact) mass is 242 g/mol. The number of unbranched alkanes of at least 4 members (excludes halogenated alkanes) is 1. The Labute approximate surface area is 104 Å². The van der Waals surface area contributed by atoms with Gasteiger partial charge < -0.3 is 16.2 Å². The number of nitrogens with one attached hydrogen (secondary N) is 1. The first kappa shape index (κ1) is 14.5. The van der Waals surface area contributed by atoms with Crippen molar-refractivity contribution in [3.05, 3.63) is 0 Å². The average Bonchev–Trinajstić information content (AvgIpc) is 2.37. The van der Waals surface area contributed by atoms with Gasteiger partial charge >= 0.3 is 0 Å². The largest absolute Gasteiger partial charge is 0.396 e. The quantitative estimate of drug-likeness (QED) is 0.584. The molecule has 0 aliphatic heterocycles. The topological polar surface area (TPSA) is 75.4 Å². The van der Waals surface area contributed by atoms with Crippen molar-refractivity contribution in [3.8, 4) is 0 Å². The molecule has 1 amide bonds. The predicted molar refractivity (Wildman–Crippen MR) is 68.4 cm³/mol. The van der Waals surface area contributed by atoms with Gasteiger partial charge in [0, 0.05) is 19.6 Å². The van der Waals surface area contributed by atoms with Crippen molar-refractivity contribution >= 4 is 5.91 Å². The average molecular weight is 242 g/mol. The molecule has 1 aliphatic rings. The number of carbonyl (C=O) groups excluding carboxylic acids is 1. The third-order valence-electron chi connectivity index (χ3n) is 3.72. The van der Waals surface area contributed by atoms with Crippen molar-refractivity contribution < 1.29 is 9.90 Å². The maximum atomic E-state index is 11.5. The predicted octanol–water partition coefficient (Wildman–Crippen LogP) is 1.03. The minimum absolute atomic E-state index is 0.126. The van der Waals surface area contributed by atoms with Gasteiger partial charge in [0.1, 0.15) is 0 Å². The molecule has 0 bridgehead atoms. The molecule has 1 saturated carbocycles. The van der Waals surface area contributed by atoms with Gasteiger partial charge in [0.2, 0.25) is 5.91 Å². The number of nitrogens with two attached hydrogens (primary N) is 1. The molecule has 4 nitrogen and oxygen atoms in total. The highest BCUT2D eigenvalue weighted by Gasteiger charge is 2.24. The lowest BCUT2D eigenvalue weighted by molar-refractivity contribution is -0.121. The summed E-state index contributed by atoms with van der Waals surface area (Å²) in [6, 6.07) is 0. The van der Waals surface area contributed by atoms with Crippen LogP contribution in [0.15, 0.2) is 0 Å². The van der Waals surface area contributed by atoms with Gasteiger partial charge in [-0.15, -0.1) is 0 Å². The molecule has 0 radical (unpaired) electrons. The molecule has 17 heavy (non-hydrogen) atoms. The highest BCUT2D eigenvalue weighted by molar-refractivity contribution is 5.75. The van der Waals surface area contributed by atoms with Crippen molar-refractivity contribution in [1.82, 2.24) is 5.32 Å². The number of amides is 1. The third kappa shape index (κ3) is 5.50. The molecule has 0 aromatic rings. The van der Waals surface area contributed by atoms with Gasteiger partial charge in [-0.1, -0.05) is 12.8 Å². The molecule has 0 aromatic heterocycles. The molecule has 4 heteroatoms. The molecule has 1 rings (SSSR count). The van der Waals surface area contributed by atoms with Crippen LogP contribution in [0.4, 0.5) is 0 Å². The first-order chi connectivity index (χ1) is 8.27. The Kier molecular flexibility index (Phi) is 7.21. The molecule has 2 atom stereocenters. The highest BCUT2D eigenvalue weighted by atomic mass is 16.3. The first-order valence-corrected chi connectivity index (χ1v) is 6.85. The summed E-state index contributed by atoms with van der Waals surface area (Å²) in [5, 5.41) is 12.3. The van der Waals surface area contributed by atoms with Crippen LogP contribution >= 0.6 is 0 Å². The lowest BCUT2D eigenvalue weighted by atomic mass is 9.79. The van der Waals surface area contributed by atoms with Crippen LogP contribution in [0.1, 0.15) is 44.9 Å². The van der Waals surface area contributed by atoms with Crippen molar-refractivity contribution in [2.75, 3.05) is 19.7 Å². The Hall–Kier alpha value is -0.610. The fourth-order valence-corrected chi connectivity index (χ4v) is 2.56. The van der Waals surface area contributed by atoms with Crippen LogP contribution in [0.3, 0.4) is 0 Å². The third-order valence-corrected chi connectivity index (χ3v) is 3.72. The van der Waals surface area contributed by atoms with Gasteiger partial charge in [0.15, 0.2) is 0 Å². The second-order valence-corrected chi connectivity index (χ2v) is 5.04. The number of hydrogen-bond donors (Lipinski definition) is 3. The smallest absolute Gasteiger partial charge is 0.220 e. The molecule has 0 aromatic carbocycles. The summed E-state index contributed by atoms with van der Waals surface area (Å²) in [5.41, 5.74) is 5.38. The van der Waals surface area contributed by atoms with E-state index in [1.807, 2.05) is 0 Å². The minimum Gasteiger partial charge on any atom is -0.396 e. The van der Waals surface area contributed by atoms with Crippen molar-refractivity contribution in [3.63, 3.8) is 0 Å². The zero-order chi connectivity index (χ0) is 12.5. The summed E-state index contributed by atoms with van der Waals surface area (Å²) < 4.78 is 0. The number of aliphatic hydroxyl groups is 1.